The molecular formula is C30H28N4O4. The van der Waals surface area contributed by atoms with Gasteiger partial charge in [0.2, 0.25) is 5.91 Å². The molecule has 0 bridgehead atoms. The maximum atomic E-state index is 13.8. The minimum Gasteiger partial charge on any atom is -0.497 e. The molecule has 0 saturated carbocycles. The molecule has 38 heavy (non-hydrogen) atoms. The van der Waals surface area contributed by atoms with E-state index in [0.29, 0.717) is 46.2 Å². The normalized spacial score (nSPS) is 11.5. The first-order valence-corrected chi connectivity index (χ1v) is 11.8. The van der Waals surface area contributed by atoms with E-state index < -0.39 is 0 Å². The number of allylic oxidation sites excluding steroid dienone is 3. The van der Waals surface area contributed by atoms with Crippen LogP contribution in [-0.4, -0.2) is 33.7 Å². The molecule has 192 valence electrons. The van der Waals surface area contributed by atoms with Gasteiger partial charge in [0.15, 0.2) is 0 Å². The molecule has 0 aliphatic carbocycles. The van der Waals surface area contributed by atoms with Crippen molar-refractivity contribution >= 4 is 22.6 Å². The number of nitrogens with one attached hydrogen (secondary N) is 1. The largest absolute Gasteiger partial charge is 0.497 e. The Morgan fingerprint density at radius 2 is 1.84 bits per heavy atom. The van der Waals surface area contributed by atoms with Crippen LogP contribution in [0.2, 0.25) is 0 Å². The zero-order valence-electron chi connectivity index (χ0n) is 21.3. The highest BCUT2D eigenvalue weighted by molar-refractivity contribution is 5.99. The van der Waals surface area contributed by atoms with Crippen LogP contribution in [-0.2, 0) is 9.53 Å². The average Bonchev–Trinajstić information content (AvgIpc) is 3.23. The molecule has 0 spiro atoms. The summed E-state index contributed by atoms with van der Waals surface area (Å²) in [5, 5.41) is 2.73. The summed E-state index contributed by atoms with van der Waals surface area (Å²) in [4.78, 5) is 29.8. The van der Waals surface area contributed by atoms with E-state index in [1.165, 1.54) is 6.08 Å². The summed E-state index contributed by atoms with van der Waals surface area (Å²) in [6, 6.07) is 14.4. The van der Waals surface area contributed by atoms with Crippen molar-refractivity contribution in [1.29, 1.82) is 0 Å². The van der Waals surface area contributed by atoms with Crippen LogP contribution in [0.3, 0.4) is 0 Å². The van der Waals surface area contributed by atoms with E-state index in [1.54, 1.807) is 65.1 Å². The minimum atomic E-state index is -0.331. The Kier molecular flexibility index (Phi) is 8.03. The standard InChI is InChI=1S/C30H28N4O4/c1-5-25(37-4)12-7-8-17-38-28-14-13-24(18-21(28)3)34-27-20-31-16-15-26(27)33(30(34)36)23-11-9-10-22(19-23)32-29(35)6-2/h5-16,18-20H,1-2,17H2,3-4H3,(H,32,35)/b8-7-,25-12+. The summed E-state index contributed by atoms with van der Waals surface area (Å²) in [7, 11) is 1.59. The fourth-order valence-electron chi connectivity index (χ4n) is 3.97. The van der Waals surface area contributed by atoms with Gasteiger partial charge in [-0.3, -0.25) is 18.9 Å². The number of ether oxygens (including phenoxy) is 2. The van der Waals surface area contributed by atoms with Crippen LogP contribution in [0.25, 0.3) is 22.4 Å². The molecule has 2 heterocycles. The lowest BCUT2D eigenvalue weighted by molar-refractivity contribution is -0.111. The number of imidazole rings is 1. The zero-order valence-corrected chi connectivity index (χ0v) is 21.3. The van der Waals surface area contributed by atoms with E-state index in [9.17, 15) is 9.59 Å². The van der Waals surface area contributed by atoms with Crippen molar-refractivity contribution < 1.29 is 14.3 Å². The second-order valence-corrected chi connectivity index (χ2v) is 8.23. The number of methoxy groups -OCH3 is 1. The molecule has 0 fully saturated rings. The van der Waals surface area contributed by atoms with Crippen LogP contribution in [0.15, 0.2) is 115 Å². The number of rotatable bonds is 10. The van der Waals surface area contributed by atoms with E-state index in [2.05, 4.69) is 23.5 Å². The number of aryl methyl sites for hydroxylation is 1. The van der Waals surface area contributed by atoms with Crippen molar-refractivity contribution in [1.82, 2.24) is 14.1 Å². The Morgan fingerprint density at radius 3 is 2.58 bits per heavy atom. The number of benzene rings is 2. The molecule has 0 aliphatic heterocycles. The third kappa shape index (κ3) is 5.49. The van der Waals surface area contributed by atoms with E-state index in [-0.39, 0.29) is 11.6 Å². The fourth-order valence-corrected chi connectivity index (χ4v) is 3.97. The molecule has 8 heteroatoms. The second-order valence-electron chi connectivity index (χ2n) is 8.23. The van der Waals surface area contributed by atoms with Crippen molar-refractivity contribution in [2.75, 3.05) is 19.0 Å². The Balaban J connectivity index is 1.68. The molecule has 4 aromatic rings. The Bertz CT molecular complexity index is 1630. The number of hydrogen-bond donors (Lipinski definition) is 1. The van der Waals surface area contributed by atoms with Gasteiger partial charge in [-0.2, -0.15) is 0 Å². The van der Waals surface area contributed by atoms with Gasteiger partial charge in [-0.05, 0) is 79.3 Å². The number of anilines is 1. The number of nitrogens with zero attached hydrogens (tertiary/aromatic N) is 3. The highest BCUT2D eigenvalue weighted by Gasteiger charge is 2.17. The zero-order chi connectivity index (χ0) is 27.1. The van der Waals surface area contributed by atoms with Crippen LogP contribution >= 0.6 is 0 Å². The molecular weight excluding hydrogens is 480 g/mol. The molecule has 0 saturated heterocycles. The monoisotopic (exact) mass is 508 g/mol. The highest BCUT2D eigenvalue weighted by Crippen LogP contribution is 2.25. The number of carbonyl (C=O) groups excluding carboxylic acids is 1. The fraction of sp³-hybridized carbons (Fsp3) is 0.100. The first kappa shape index (κ1) is 26.0. The predicted molar refractivity (Wildman–Crippen MR) is 150 cm³/mol. The molecule has 0 unspecified atom stereocenters. The maximum Gasteiger partial charge on any atom is 0.338 e. The summed E-state index contributed by atoms with van der Waals surface area (Å²) in [5.41, 5.74) is 3.79. The Hall–Kier alpha value is -5.11. The van der Waals surface area contributed by atoms with Crippen LogP contribution in [0.4, 0.5) is 5.69 Å². The van der Waals surface area contributed by atoms with Gasteiger partial charge in [-0.1, -0.05) is 25.3 Å². The summed E-state index contributed by atoms with van der Waals surface area (Å²) in [6.45, 7) is 9.45. The number of fused-ring (bicyclic) bond motifs is 1. The second kappa shape index (κ2) is 11.7. The lowest BCUT2D eigenvalue weighted by atomic mass is 10.2. The average molecular weight is 509 g/mol. The topological polar surface area (TPSA) is 87.4 Å². The van der Waals surface area contributed by atoms with Crippen LogP contribution < -0.4 is 15.7 Å². The molecule has 0 aliphatic rings. The molecule has 0 atom stereocenters. The number of pyridine rings is 1. The van der Waals surface area contributed by atoms with Crippen LogP contribution in [0.1, 0.15) is 5.56 Å². The molecule has 1 N–H and O–H groups in total. The minimum absolute atomic E-state index is 0.265. The molecule has 2 aromatic heterocycles. The lowest BCUT2D eigenvalue weighted by Gasteiger charge is -2.10. The van der Waals surface area contributed by atoms with Gasteiger partial charge in [0.05, 0.1) is 35.7 Å². The number of amides is 1. The molecule has 0 radical (unpaired) electrons. The van der Waals surface area contributed by atoms with Crippen molar-refractivity contribution in [3.63, 3.8) is 0 Å². The number of aromatic nitrogens is 3. The van der Waals surface area contributed by atoms with Crippen molar-refractivity contribution in [2.45, 2.75) is 6.92 Å². The quantitative estimate of drug-likeness (QED) is 0.179. The van der Waals surface area contributed by atoms with Crippen molar-refractivity contribution in [3.8, 4) is 17.1 Å². The van der Waals surface area contributed by atoms with Gasteiger partial charge in [0.25, 0.3) is 0 Å². The van der Waals surface area contributed by atoms with E-state index in [0.717, 1.165) is 5.56 Å². The molecule has 2 aromatic carbocycles. The Morgan fingerprint density at radius 1 is 1.05 bits per heavy atom. The Labute approximate surface area is 220 Å². The first-order valence-electron chi connectivity index (χ1n) is 11.8. The molecule has 8 nitrogen and oxygen atoms in total. The third-order valence-corrected chi connectivity index (χ3v) is 5.78. The summed E-state index contributed by atoms with van der Waals surface area (Å²) in [6.07, 6.45) is 11.6. The molecule has 4 rings (SSSR count). The van der Waals surface area contributed by atoms with E-state index in [1.807, 2.05) is 43.3 Å². The van der Waals surface area contributed by atoms with Gasteiger partial charge in [0.1, 0.15) is 18.1 Å². The number of hydrogen-bond acceptors (Lipinski definition) is 5. The van der Waals surface area contributed by atoms with E-state index in [4.69, 9.17) is 9.47 Å². The third-order valence-electron chi connectivity index (χ3n) is 5.78. The summed E-state index contributed by atoms with van der Waals surface area (Å²) < 4.78 is 14.2. The van der Waals surface area contributed by atoms with Crippen molar-refractivity contribution in [3.05, 3.63) is 126 Å². The van der Waals surface area contributed by atoms with Crippen molar-refractivity contribution in [2.24, 2.45) is 0 Å². The molecule has 1 amide bonds. The SMILES string of the molecule is C=CC(=O)Nc1cccc(-n2c(=O)n(-c3ccc(OC/C=C\C=C(/C=C)OC)c(C)c3)c3cnccc32)c1. The van der Waals surface area contributed by atoms with Gasteiger partial charge >= 0.3 is 5.69 Å². The lowest BCUT2D eigenvalue weighted by Crippen LogP contribution is -2.22. The van der Waals surface area contributed by atoms with Gasteiger partial charge in [-0.15, -0.1) is 0 Å². The first-order chi connectivity index (χ1) is 18.5. The van der Waals surface area contributed by atoms with Crippen LogP contribution in [0, 0.1) is 6.92 Å². The van der Waals surface area contributed by atoms with E-state index >= 15 is 0 Å². The summed E-state index contributed by atoms with van der Waals surface area (Å²) >= 11 is 0. The smallest absolute Gasteiger partial charge is 0.338 e. The number of carbonyl (C=O) groups is 1. The van der Waals surface area contributed by atoms with Crippen LogP contribution in [0.5, 0.6) is 5.75 Å². The van der Waals surface area contributed by atoms with Gasteiger partial charge in [-0.25, -0.2) is 4.79 Å². The highest BCUT2D eigenvalue weighted by atomic mass is 16.5. The summed E-state index contributed by atoms with van der Waals surface area (Å²) in [5.74, 6) is 1.04. The predicted octanol–water partition coefficient (Wildman–Crippen LogP) is 5.26. The maximum absolute atomic E-state index is 13.8. The van der Waals surface area contributed by atoms with Gasteiger partial charge < -0.3 is 14.8 Å². The van der Waals surface area contributed by atoms with Gasteiger partial charge in [0, 0.05) is 11.9 Å².